The lowest BCUT2D eigenvalue weighted by atomic mass is 9.95. The molecule has 0 fully saturated rings. The lowest BCUT2D eigenvalue weighted by Crippen LogP contribution is -2.35. The zero-order valence-corrected chi connectivity index (χ0v) is 10.4. The van der Waals surface area contributed by atoms with Gasteiger partial charge in [0.05, 0.1) is 0 Å². The quantitative estimate of drug-likeness (QED) is 0.838. The van der Waals surface area contributed by atoms with Gasteiger partial charge in [-0.05, 0) is 31.9 Å². The first-order valence-corrected chi connectivity index (χ1v) is 6.14. The lowest BCUT2D eigenvalue weighted by Gasteiger charge is -2.18. The SMILES string of the molecule is CCc1ccc(CC(=O)C(C)(O)CC)s1. The van der Waals surface area contributed by atoms with E-state index in [0.717, 1.165) is 11.3 Å². The van der Waals surface area contributed by atoms with Crippen LogP contribution in [0.25, 0.3) is 0 Å². The molecule has 1 rings (SSSR count). The normalized spacial score (nSPS) is 14.9. The Bertz CT molecular complexity index is 339. The Hall–Kier alpha value is -0.670. The van der Waals surface area contributed by atoms with Crippen molar-refractivity contribution in [2.45, 2.75) is 45.6 Å². The molecular weight excluding hydrogens is 208 g/mol. The predicted molar refractivity (Wildman–Crippen MR) is 63.3 cm³/mol. The van der Waals surface area contributed by atoms with Crippen molar-refractivity contribution >= 4 is 17.1 Å². The third-order valence-electron chi connectivity index (χ3n) is 2.69. The van der Waals surface area contributed by atoms with Crippen LogP contribution in [0.1, 0.15) is 36.9 Å². The molecule has 1 heterocycles. The maximum atomic E-state index is 11.7. The summed E-state index contributed by atoms with van der Waals surface area (Å²) in [6.07, 6.45) is 1.83. The van der Waals surface area contributed by atoms with Crippen LogP contribution in [0.3, 0.4) is 0 Å². The fraction of sp³-hybridized carbons (Fsp3) is 0.583. The maximum Gasteiger partial charge on any atom is 0.169 e. The number of carbonyl (C=O) groups is 1. The topological polar surface area (TPSA) is 37.3 Å². The van der Waals surface area contributed by atoms with Crippen molar-refractivity contribution in [2.24, 2.45) is 0 Å². The van der Waals surface area contributed by atoms with Gasteiger partial charge in [0.1, 0.15) is 5.60 Å². The highest BCUT2D eigenvalue weighted by Gasteiger charge is 2.27. The van der Waals surface area contributed by atoms with Crippen LogP contribution in [-0.2, 0) is 17.6 Å². The highest BCUT2D eigenvalue weighted by atomic mass is 32.1. The average molecular weight is 226 g/mol. The molecule has 2 nitrogen and oxygen atoms in total. The average Bonchev–Trinajstić information content (AvgIpc) is 2.65. The van der Waals surface area contributed by atoms with Gasteiger partial charge in [-0.2, -0.15) is 0 Å². The molecule has 0 spiro atoms. The molecule has 1 aromatic heterocycles. The summed E-state index contributed by atoms with van der Waals surface area (Å²) in [7, 11) is 0. The molecule has 3 heteroatoms. The van der Waals surface area contributed by atoms with Crippen LogP contribution in [0.5, 0.6) is 0 Å². The third-order valence-corrected chi connectivity index (χ3v) is 3.92. The molecular formula is C12H18O2S. The van der Waals surface area contributed by atoms with Gasteiger partial charge in [-0.3, -0.25) is 4.79 Å². The van der Waals surface area contributed by atoms with Crippen LogP contribution in [0.2, 0.25) is 0 Å². The molecule has 0 bridgehead atoms. The van der Waals surface area contributed by atoms with Gasteiger partial charge in [-0.15, -0.1) is 11.3 Å². The minimum Gasteiger partial charge on any atom is -0.382 e. The number of rotatable bonds is 5. The number of ketones is 1. The maximum absolute atomic E-state index is 11.7. The molecule has 0 amide bonds. The van der Waals surface area contributed by atoms with E-state index in [4.69, 9.17) is 0 Å². The lowest BCUT2D eigenvalue weighted by molar-refractivity contribution is -0.135. The van der Waals surface area contributed by atoms with Crippen molar-refractivity contribution in [3.05, 3.63) is 21.9 Å². The Morgan fingerprint density at radius 3 is 2.47 bits per heavy atom. The second-order valence-electron chi connectivity index (χ2n) is 3.95. The minimum absolute atomic E-state index is 0.0884. The Balaban J connectivity index is 2.66. The van der Waals surface area contributed by atoms with E-state index in [1.807, 2.05) is 19.1 Å². The molecule has 1 unspecified atom stereocenters. The van der Waals surface area contributed by atoms with Crippen LogP contribution in [0, 0.1) is 0 Å². The largest absolute Gasteiger partial charge is 0.382 e. The van der Waals surface area contributed by atoms with Gasteiger partial charge in [0, 0.05) is 16.2 Å². The zero-order valence-electron chi connectivity index (χ0n) is 9.54. The molecule has 0 aliphatic rings. The van der Waals surface area contributed by atoms with E-state index >= 15 is 0 Å². The minimum atomic E-state index is -1.17. The Morgan fingerprint density at radius 1 is 1.40 bits per heavy atom. The molecule has 1 aromatic rings. The predicted octanol–water partition coefficient (Wildman–Crippen LogP) is 2.58. The molecule has 0 aliphatic carbocycles. The smallest absolute Gasteiger partial charge is 0.169 e. The zero-order chi connectivity index (χ0) is 11.5. The summed E-state index contributed by atoms with van der Waals surface area (Å²) < 4.78 is 0. The number of Topliss-reactive ketones (excluding diaryl/α,β-unsaturated/α-hetero) is 1. The number of thiophene rings is 1. The van der Waals surface area contributed by atoms with Crippen LogP contribution in [0.15, 0.2) is 12.1 Å². The molecule has 0 saturated carbocycles. The summed E-state index contributed by atoms with van der Waals surface area (Å²) in [6, 6.07) is 4.03. The first-order valence-electron chi connectivity index (χ1n) is 5.33. The summed E-state index contributed by atoms with van der Waals surface area (Å²) in [6.45, 7) is 5.51. The van der Waals surface area contributed by atoms with Gasteiger partial charge in [0.2, 0.25) is 0 Å². The second kappa shape index (κ2) is 4.90. The highest BCUT2D eigenvalue weighted by molar-refractivity contribution is 7.12. The Labute approximate surface area is 94.9 Å². The summed E-state index contributed by atoms with van der Waals surface area (Å²) in [5.74, 6) is -0.0884. The van der Waals surface area contributed by atoms with Crippen LogP contribution in [0.4, 0.5) is 0 Å². The number of aliphatic hydroxyl groups is 1. The molecule has 15 heavy (non-hydrogen) atoms. The van der Waals surface area contributed by atoms with Crippen molar-refractivity contribution in [3.8, 4) is 0 Å². The van der Waals surface area contributed by atoms with Gasteiger partial charge in [-0.1, -0.05) is 13.8 Å². The first kappa shape index (κ1) is 12.4. The van der Waals surface area contributed by atoms with Gasteiger partial charge < -0.3 is 5.11 Å². The Kier molecular flexibility index (Phi) is 4.05. The first-order chi connectivity index (χ1) is 6.99. The van der Waals surface area contributed by atoms with E-state index in [1.54, 1.807) is 18.3 Å². The van der Waals surface area contributed by atoms with Crippen molar-refractivity contribution in [1.82, 2.24) is 0 Å². The number of hydrogen-bond acceptors (Lipinski definition) is 3. The fourth-order valence-electron chi connectivity index (χ4n) is 1.25. The van der Waals surface area contributed by atoms with Crippen LogP contribution < -0.4 is 0 Å². The van der Waals surface area contributed by atoms with E-state index in [0.29, 0.717) is 12.8 Å². The van der Waals surface area contributed by atoms with Gasteiger partial charge >= 0.3 is 0 Å². The van der Waals surface area contributed by atoms with Gasteiger partial charge in [0.15, 0.2) is 5.78 Å². The van der Waals surface area contributed by atoms with Crippen molar-refractivity contribution in [2.75, 3.05) is 0 Å². The molecule has 1 atom stereocenters. The van der Waals surface area contributed by atoms with E-state index in [1.165, 1.54) is 4.88 Å². The van der Waals surface area contributed by atoms with Crippen LogP contribution >= 0.6 is 11.3 Å². The van der Waals surface area contributed by atoms with E-state index in [9.17, 15) is 9.90 Å². The van der Waals surface area contributed by atoms with Gasteiger partial charge in [0.25, 0.3) is 0 Å². The fourth-order valence-corrected chi connectivity index (χ4v) is 2.21. The van der Waals surface area contributed by atoms with E-state index in [2.05, 4.69) is 6.92 Å². The van der Waals surface area contributed by atoms with E-state index in [-0.39, 0.29) is 5.78 Å². The second-order valence-corrected chi connectivity index (χ2v) is 5.20. The molecule has 0 aliphatic heterocycles. The molecule has 0 saturated heterocycles. The molecule has 84 valence electrons. The highest BCUT2D eigenvalue weighted by Crippen LogP contribution is 2.20. The van der Waals surface area contributed by atoms with E-state index < -0.39 is 5.60 Å². The van der Waals surface area contributed by atoms with Crippen molar-refractivity contribution < 1.29 is 9.90 Å². The molecule has 0 aromatic carbocycles. The monoisotopic (exact) mass is 226 g/mol. The summed E-state index contributed by atoms with van der Waals surface area (Å²) in [4.78, 5) is 14.1. The number of hydrogen-bond donors (Lipinski definition) is 1. The number of aryl methyl sites for hydroxylation is 1. The summed E-state index contributed by atoms with van der Waals surface area (Å²) >= 11 is 1.66. The molecule has 0 radical (unpaired) electrons. The standard InChI is InChI=1S/C12H18O2S/c1-4-9-6-7-10(15-9)8-11(13)12(3,14)5-2/h6-7,14H,4-5,8H2,1-3H3. The van der Waals surface area contributed by atoms with Crippen molar-refractivity contribution in [3.63, 3.8) is 0 Å². The van der Waals surface area contributed by atoms with Crippen molar-refractivity contribution in [1.29, 1.82) is 0 Å². The number of carbonyl (C=O) groups excluding carboxylic acids is 1. The third kappa shape index (κ3) is 3.14. The summed E-state index contributed by atoms with van der Waals surface area (Å²) in [5, 5.41) is 9.77. The Morgan fingerprint density at radius 2 is 2.00 bits per heavy atom. The molecule has 1 N–H and O–H groups in total. The van der Waals surface area contributed by atoms with Gasteiger partial charge in [-0.25, -0.2) is 0 Å². The summed E-state index contributed by atoms with van der Waals surface area (Å²) in [5.41, 5.74) is -1.17. The van der Waals surface area contributed by atoms with Crippen LogP contribution in [-0.4, -0.2) is 16.5 Å².